The van der Waals surface area contributed by atoms with Crippen LogP contribution in [-0.2, 0) is 0 Å². The summed E-state index contributed by atoms with van der Waals surface area (Å²) < 4.78 is 5.35. The Labute approximate surface area is 178 Å². The summed E-state index contributed by atoms with van der Waals surface area (Å²) in [6.07, 6.45) is 1.69. The lowest BCUT2D eigenvalue weighted by Gasteiger charge is -2.09. The van der Waals surface area contributed by atoms with Gasteiger partial charge in [-0.05, 0) is 42.5 Å². The number of fused-ring (bicyclic) bond motifs is 1. The molecule has 0 unspecified atom stereocenters. The molecule has 29 heavy (non-hydrogen) atoms. The van der Waals surface area contributed by atoms with E-state index in [1.165, 1.54) is 0 Å². The number of methoxy groups -OCH3 is 1. The molecule has 0 aliphatic carbocycles. The number of nitrogens with one attached hydrogen (secondary N) is 1. The van der Waals surface area contributed by atoms with Crippen LogP contribution in [0.25, 0.3) is 22.3 Å². The molecule has 0 aliphatic rings. The number of hydrazone groups is 1. The predicted octanol–water partition coefficient (Wildman–Crippen LogP) is 6.06. The normalized spacial score (nSPS) is 11.1. The Bertz CT molecular complexity index is 1210. The van der Waals surface area contributed by atoms with Crippen molar-refractivity contribution in [3.05, 3.63) is 82.3 Å². The lowest BCUT2D eigenvalue weighted by atomic mass is 10.2. The fraction of sp³-hybridized carbons (Fsp3) is 0.0455. The van der Waals surface area contributed by atoms with Crippen molar-refractivity contribution in [1.29, 1.82) is 0 Å². The van der Waals surface area contributed by atoms with E-state index < -0.39 is 0 Å². The minimum absolute atomic E-state index is 0.449. The molecule has 0 saturated heterocycles. The number of hydrogen-bond donors (Lipinski definition) is 1. The van der Waals surface area contributed by atoms with Crippen LogP contribution in [-0.4, -0.2) is 23.3 Å². The summed E-state index contributed by atoms with van der Waals surface area (Å²) in [5, 5.41) is 6.13. The van der Waals surface area contributed by atoms with Crippen molar-refractivity contribution in [3.63, 3.8) is 0 Å². The topological polar surface area (TPSA) is 59.4 Å². The first-order chi connectivity index (χ1) is 14.2. The van der Waals surface area contributed by atoms with Crippen LogP contribution < -0.4 is 10.2 Å². The van der Waals surface area contributed by atoms with E-state index in [2.05, 4.69) is 20.5 Å². The SMILES string of the molecule is COc1ccccc1/C=N/Nc1nc(-c2ccc(Cl)c(Cl)c2)nc2ccccc12. The second kappa shape index (κ2) is 8.47. The molecule has 1 N–H and O–H groups in total. The Morgan fingerprint density at radius 1 is 0.931 bits per heavy atom. The number of halogens is 2. The zero-order valence-corrected chi connectivity index (χ0v) is 16.9. The standard InChI is InChI=1S/C22H16Cl2N4O/c1-29-20-9-5-2-6-15(20)13-25-28-22-16-7-3-4-8-19(16)26-21(27-22)14-10-11-17(23)18(24)12-14/h2-13H,1H3,(H,26,27,28)/b25-13+. The van der Waals surface area contributed by atoms with Gasteiger partial charge in [0.2, 0.25) is 0 Å². The number of ether oxygens (including phenoxy) is 1. The summed E-state index contributed by atoms with van der Waals surface area (Å²) in [5.41, 5.74) is 5.44. The molecule has 0 radical (unpaired) electrons. The van der Waals surface area contributed by atoms with Gasteiger partial charge in [-0.25, -0.2) is 9.97 Å². The first kappa shape index (κ1) is 19.2. The van der Waals surface area contributed by atoms with Crippen molar-refractivity contribution in [3.8, 4) is 17.1 Å². The average molecular weight is 423 g/mol. The quantitative estimate of drug-likeness (QED) is 0.313. The maximum absolute atomic E-state index is 6.16. The van der Waals surface area contributed by atoms with E-state index in [9.17, 15) is 0 Å². The Hall–Kier alpha value is -3.15. The maximum atomic E-state index is 6.16. The molecular weight excluding hydrogens is 407 g/mol. The molecule has 4 rings (SSSR count). The third-order valence-electron chi connectivity index (χ3n) is 4.29. The van der Waals surface area contributed by atoms with Crippen molar-refractivity contribution in [1.82, 2.24) is 9.97 Å². The zero-order valence-electron chi connectivity index (χ0n) is 15.4. The highest BCUT2D eigenvalue weighted by molar-refractivity contribution is 6.42. The molecule has 1 aromatic heterocycles. The number of nitrogens with zero attached hydrogens (tertiary/aromatic N) is 3. The van der Waals surface area contributed by atoms with Crippen LogP contribution in [0.15, 0.2) is 71.8 Å². The second-order valence-electron chi connectivity index (χ2n) is 6.15. The smallest absolute Gasteiger partial charge is 0.162 e. The third-order valence-corrected chi connectivity index (χ3v) is 5.03. The van der Waals surface area contributed by atoms with Gasteiger partial charge in [-0.1, -0.05) is 47.5 Å². The van der Waals surface area contributed by atoms with Crippen LogP contribution in [0.4, 0.5) is 5.82 Å². The Kier molecular flexibility index (Phi) is 5.60. The average Bonchev–Trinajstić information content (AvgIpc) is 2.75. The summed E-state index contributed by atoms with van der Waals surface area (Å²) in [6, 6.07) is 20.7. The van der Waals surface area contributed by atoms with Crippen LogP contribution in [0.3, 0.4) is 0 Å². The second-order valence-corrected chi connectivity index (χ2v) is 6.97. The number of rotatable bonds is 5. The van der Waals surface area contributed by atoms with Crippen LogP contribution in [0.2, 0.25) is 10.0 Å². The molecule has 0 fully saturated rings. The third kappa shape index (κ3) is 4.16. The van der Waals surface area contributed by atoms with E-state index in [0.717, 1.165) is 27.8 Å². The Morgan fingerprint density at radius 2 is 1.72 bits per heavy atom. The molecule has 4 aromatic rings. The number of benzene rings is 3. The van der Waals surface area contributed by atoms with E-state index in [1.54, 1.807) is 25.5 Å². The largest absolute Gasteiger partial charge is 0.496 e. The molecule has 0 amide bonds. The maximum Gasteiger partial charge on any atom is 0.162 e. The molecule has 7 heteroatoms. The van der Waals surface area contributed by atoms with Crippen molar-refractivity contribution in [2.24, 2.45) is 5.10 Å². The van der Waals surface area contributed by atoms with Crippen LogP contribution in [0, 0.1) is 0 Å². The number of aromatic nitrogens is 2. The monoisotopic (exact) mass is 422 g/mol. The van der Waals surface area contributed by atoms with Gasteiger partial charge < -0.3 is 4.74 Å². The molecule has 0 aliphatic heterocycles. The van der Waals surface area contributed by atoms with Crippen LogP contribution in [0.5, 0.6) is 5.75 Å². The van der Waals surface area contributed by atoms with Gasteiger partial charge in [0.1, 0.15) is 5.75 Å². The fourth-order valence-corrected chi connectivity index (χ4v) is 3.16. The molecule has 0 spiro atoms. The first-order valence-electron chi connectivity index (χ1n) is 8.80. The van der Waals surface area contributed by atoms with Gasteiger partial charge in [-0.2, -0.15) is 5.10 Å². The van der Waals surface area contributed by atoms with Crippen LogP contribution in [0.1, 0.15) is 5.56 Å². The summed E-state index contributed by atoms with van der Waals surface area (Å²) in [7, 11) is 1.63. The van der Waals surface area contributed by atoms with Gasteiger partial charge in [-0.15, -0.1) is 0 Å². The highest BCUT2D eigenvalue weighted by atomic mass is 35.5. The van der Waals surface area contributed by atoms with Crippen molar-refractivity contribution in [2.45, 2.75) is 0 Å². The summed E-state index contributed by atoms with van der Waals surface area (Å²) in [5.74, 6) is 1.85. The summed E-state index contributed by atoms with van der Waals surface area (Å²) in [6.45, 7) is 0. The lowest BCUT2D eigenvalue weighted by molar-refractivity contribution is 0.414. The molecule has 0 bridgehead atoms. The molecular formula is C22H16Cl2N4O. The highest BCUT2D eigenvalue weighted by Gasteiger charge is 2.10. The Balaban J connectivity index is 1.73. The molecule has 3 aromatic carbocycles. The van der Waals surface area contributed by atoms with Crippen molar-refractivity contribution >= 4 is 46.1 Å². The first-order valence-corrected chi connectivity index (χ1v) is 9.55. The van der Waals surface area contributed by atoms with Gasteiger partial charge in [0.25, 0.3) is 0 Å². The van der Waals surface area contributed by atoms with E-state index in [-0.39, 0.29) is 0 Å². The molecule has 0 saturated carbocycles. The van der Waals surface area contributed by atoms with Crippen LogP contribution >= 0.6 is 23.2 Å². The van der Waals surface area contributed by atoms with Crippen molar-refractivity contribution in [2.75, 3.05) is 12.5 Å². The minimum atomic E-state index is 0.449. The van der Waals surface area contributed by atoms with Gasteiger partial charge in [0.15, 0.2) is 11.6 Å². The highest BCUT2D eigenvalue weighted by Crippen LogP contribution is 2.29. The predicted molar refractivity (Wildman–Crippen MR) is 119 cm³/mol. The number of hydrogen-bond acceptors (Lipinski definition) is 5. The molecule has 1 heterocycles. The number of anilines is 1. The minimum Gasteiger partial charge on any atom is -0.496 e. The van der Waals surface area contributed by atoms with Gasteiger partial charge >= 0.3 is 0 Å². The molecule has 144 valence electrons. The van der Waals surface area contributed by atoms with Gasteiger partial charge in [0.05, 0.1) is 28.9 Å². The number of para-hydroxylation sites is 2. The molecule has 5 nitrogen and oxygen atoms in total. The zero-order chi connectivity index (χ0) is 20.2. The van der Waals surface area contributed by atoms with E-state index >= 15 is 0 Å². The van der Waals surface area contributed by atoms with Gasteiger partial charge in [0, 0.05) is 16.5 Å². The van der Waals surface area contributed by atoms with Gasteiger partial charge in [-0.3, -0.25) is 5.43 Å². The van der Waals surface area contributed by atoms with Crippen molar-refractivity contribution < 1.29 is 4.74 Å². The fourth-order valence-electron chi connectivity index (χ4n) is 2.86. The summed E-state index contributed by atoms with van der Waals surface area (Å²) in [4.78, 5) is 9.29. The molecule has 0 atom stereocenters. The summed E-state index contributed by atoms with van der Waals surface area (Å²) >= 11 is 12.2. The van der Waals surface area contributed by atoms with E-state index in [1.807, 2.05) is 54.6 Å². The lowest BCUT2D eigenvalue weighted by Crippen LogP contribution is -2.00. The van der Waals surface area contributed by atoms with E-state index in [0.29, 0.717) is 21.7 Å². The Morgan fingerprint density at radius 3 is 2.55 bits per heavy atom. The van der Waals surface area contributed by atoms with E-state index in [4.69, 9.17) is 27.9 Å².